The first-order valence-corrected chi connectivity index (χ1v) is 9.96. The number of likely N-dealkylation sites (tertiary alicyclic amines) is 1. The Hall–Kier alpha value is -3.68. The maximum Gasteiger partial charge on any atom is 0.337 e. The highest BCUT2D eigenvalue weighted by molar-refractivity contribution is 5.94. The zero-order valence-corrected chi connectivity index (χ0v) is 17.5. The molecule has 2 aromatic rings. The Morgan fingerprint density at radius 1 is 0.968 bits per heavy atom. The van der Waals surface area contributed by atoms with E-state index in [2.05, 4.69) is 15.3 Å². The molecule has 1 fully saturated rings. The Morgan fingerprint density at radius 2 is 1.58 bits per heavy atom. The van der Waals surface area contributed by atoms with Gasteiger partial charge in [0.05, 0.1) is 26.0 Å². The van der Waals surface area contributed by atoms with E-state index in [1.54, 1.807) is 60.5 Å². The minimum atomic E-state index is -0.409. The maximum absolute atomic E-state index is 12.6. The summed E-state index contributed by atoms with van der Waals surface area (Å²) in [4.78, 5) is 38.2. The van der Waals surface area contributed by atoms with Gasteiger partial charge in [-0.25, -0.2) is 10.2 Å². The lowest BCUT2D eigenvalue weighted by Crippen LogP contribution is -2.42. The van der Waals surface area contributed by atoms with Gasteiger partial charge in [-0.05, 0) is 54.8 Å². The van der Waals surface area contributed by atoms with Crippen molar-refractivity contribution in [1.29, 1.82) is 0 Å². The van der Waals surface area contributed by atoms with E-state index in [4.69, 9.17) is 4.74 Å². The van der Waals surface area contributed by atoms with Crippen LogP contribution in [0.5, 0.6) is 5.75 Å². The van der Waals surface area contributed by atoms with E-state index in [0.29, 0.717) is 42.8 Å². The number of ether oxygens (including phenoxy) is 2. The highest BCUT2D eigenvalue weighted by Crippen LogP contribution is 2.20. The molecular weight excluding hydrogens is 398 g/mol. The molecule has 31 heavy (non-hydrogen) atoms. The van der Waals surface area contributed by atoms with Gasteiger partial charge < -0.3 is 14.4 Å². The molecule has 162 valence electrons. The average Bonchev–Trinajstić information content (AvgIpc) is 2.83. The summed E-state index contributed by atoms with van der Waals surface area (Å²) < 4.78 is 9.77. The van der Waals surface area contributed by atoms with Crippen LogP contribution >= 0.6 is 0 Å². The van der Waals surface area contributed by atoms with Crippen LogP contribution in [0, 0.1) is 5.92 Å². The number of rotatable bonds is 6. The molecule has 8 nitrogen and oxygen atoms in total. The Morgan fingerprint density at radius 3 is 2.16 bits per heavy atom. The quantitative estimate of drug-likeness (QED) is 0.437. The second-order valence-electron chi connectivity index (χ2n) is 7.14. The third-order valence-corrected chi connectivity index (χ3v) is 5.21. The number of nitrogens with one attached hydrogen (secondary N) is 1. The number of hydrazone groups is 1. The molecular formula is C23H25N3O5. The minimum absolute atomic E-state index is 0.0464. The second-order valence-corrected chi connectivity index (χ2v) is 7.14. The van der Waals surface area contributed by atoms with Gasteiger partial charge in [0, 0.05) is 24.6 Å². The van der Waals surface area contributed by atoms with Crippen LogP contribution in [-0.4, -0.2) is 56.2 Å². The summed E-state index contributed by atoms with van der Waals surface area (Å²) in [7, 11) is 2.91. The summed E-state index contributed by atoms with van der Waals surface area (Å²) in [5.74, 6) is -0.117. The average molecular weight is 423 g/mol. The Labute approximate surface area is 180 Å². The van der Waals surface area contributed by atoms with E-state index in [1.807, 2.05) is 0 Å². The van der Waals surface area contributed by atoms with Gasteiger partial charge in [0.1, 0.15) is 5.75 Å². The predicted molar refractivity (Wildman–Crippen MR) is 115 cm³/mol. The topological polar surface area (TPSA) is 97.3 Å². The Bertz CT molecular complexity index is 946. The first-order valence-electron chi connectivity index (χ1n) is 9.96. The molecule has 3 rings (SSSR count). The lowest BCUT2D eigenvalue weighted by molar-refractivity contribution is -0.126. The molecule has 0 saturated carbocycles. The molecule has 1 heterocycles. The molecule has 2 aromatic carbocycles. The number of amides is 2. The highest BCUT2D eigenvalue weighted by Gasteiger charge is 2.27. The van der Waals surface area contributed by atoms with Crippen molar-refractivity contribution in [1.82, 2.24) is 10.3 Å². The van der Waals surface area contributed by atoms with Crippen LogP contribution in [-0.2, 0) is 9.53 Å². The molecule has 0 unspecified atom stereocenters. The van der Waals surface area contributed by atoms with Gasteiger partial charge in [-0.3, -0.25) is 9.59 Å². The summed E-state index contributed by atoms with van der Waals surface area (Å²) in [5, 5.41) is 4.00. The van der Waals surface area contributed by atoms with Crippen molar-refractivity contribution in [3.05, 3.63) is 65.2 Å². The van der Waals surface area contributed by atoms with Gasteiger partial charge in [-0.2, -0.15) is 5.10 Å². The fourth-order valence-corrected chi connectivity index (χ4v) is 3.35. The summed E-state index contributed by atoms with van der Waals surface area (Å²) in [6.45, 7) is 1.03. The Kier molecular flexibility index (Phi) is 7.37. The van der Waals surface area contributed by atoms with Crippen molar-refractivity contribution in [2.75, 3.05) is 27.3 Å². The normalized spacial score (nSPS) is 14.3. The van der Waals surface area contributed by atoms with E-state index < -0.39 is 5.97 Å². The zero-order valence-electron chi connectivity index (χ0n) is 17.5. The van der Waals surface area contributed by atoms with Crippen molar-refractivity contribution < 1.29 is 23.9 Å². The number of carbonyl (C=O) groups is 3. The number of esters is 1. The standard InChI is InChI=1S/C23H25N3O5/c1-30-20-9-7-18(8-10-20)22(28)26-13-11-17(12-14-26)21(27)25-24-15-16-3-5-19(6-4-16)23(29)31-2/h3-10,15,17H,11-14H2,1-2H3,(H,25,27)/b24-15+. The van der Waals surface area contributed by atoms with E-state index in [9.17, 15) is 14.4 Å². The first-order chi connectivity index (χ1) is 15.0. The monoisotopic (exact) mass is 423 g/mol. The largest absolute Gasteiger partial charge is 0.497 e. The van der Waals surface area contributed by atoms with Crippen LogP contribution in [0.15, 0.2) is 53.6 Å². The number of nitrogens with zero attached hydrogens (tertiary/aromatic N) is 2. The van der Waals surface area contributed by atoms with Crippen LogP contribution in [0.25, 0.3) is 0 Å². The molecule has 0 radical (unpaired) electrons. The van der Waals surface area contributed by atoms with Gasteiger partial charge in [-0.15, -0.1) is 0 Å². The molecule has 8 heteroatoms. The van der Waals surface area contributed by atoms with Gasteiger partial charge in [-0.1, -0.05) is 12.1 Å². The van der Waals surface area contributed by atoms with E-state index in [-0.39, 0.29) is 17.7 Å². The zero-order chi connectivity index (χ0) is 22.2. The fourth-order valence-electron chi connectivity index (χ4n) is 3.35. The number of piperidine rings is 1. The number of hydrogen-bond donors (Lipinski definition) is 1. The molecule has 2 amide bonds. The summed E-state index contributed by atoms with van der Waals surface area (Å²) in [5.41, 5.74) is 4.35. The minimum Gasteiger partial charge on any atom is -0.497 e. The van der Waals surface area contributed by atoms with Gasteiger partial charge >= 0.3 is 5.97 Å². The third kappa shape index (κ3) is 5.69. The van der Waals surface area contributed by atoms with Crippen LogP contribution < -0.4 is 10.2 Å². The lowest BCUT2D eigenvalue weighted by Gasteiger charge is -2.31. The third-order valence-electron chi connectivity index (χ3n) is 5.21. The van der Waals surface area contributed by atoms with Gasteiger partial charge in [0.2, 0.25) is 5.91 Å². The number of benzene rings is 2. The molecule has 0 atom stereocenters. The summed E-state index contributed by atoms with van der Waals surface area (Å²) >= 11 is 0. The smallest absolute Gasteiger partial charge is 0.337 e. The molecule has 0 aliphatic carbocycles. The van der Waals surface area contributed by atoms with Gasteiger partial charge in [0.15, 0.2) is 0 Å². The predicted octanol–water partition coefficient (Wildman–Crippen LogP) is 2.48. The van der Waals surface area contributed by atoms with Crippen molar-refractivity contribution in [3.8, 4) is 5.75 Å². The van der Waals surface area contributed by atoms with Crippen molar-refractivity contribution in [2.24, 2.45) is 11.0 Å². The molecule has 0 aromatic heterocycles. The van der Waals surface area contributed by atoms with E-state index in [0.717, 1.165) is 5.56 Å². The summed E-state index contributed by atoms with van der Waals surface area (Å²) in [6.07, 6.45) is 2.68. The molecule has 1 N–H and O–H groups in total. The lowest BCUT2D eigenvalue weighted by atomic mass is 9.95. The van der Waals surface area contributed by atoms with Gasteiger partial charge in [0.25, 0.3) is 5.91 Å². The van der Waals surface area contributed by atoms with Crippen LogP contribution in [0.2, 0.25) is 0 Å². The number of methoxy groups -OCH3 is 2. The first kappa shape index (κ1) is 22.0. The SMILES string of the molecule is COC(=O)c1ccc(/C=N/NC(=O)C2CCN(C(=O)c3ccc(OC)cc3)CC2)cc1. The number of hydrogen-bond acceptors (Lipinski definition) is 6. The van der Waals surface area contributed by atoms with E-state index >= 15 is 0 Å². The van der Waals surface area contributed by atoms with Crippen molar-refractivity contribution >= 4 is 24.0 Å². The van der Waals surface area contributed by atoms with E-state index in [1.165, 1.54) is 13.3 Å². The molecule has 0 spiro atoms. The Balaban J connectivity index is 1.46. The molecule has 0 bridgehead atoms. The molecule has 1 aliphatic heterocycles. The second kappa shape index (κ2) is 10.4. The van der Waals surface area contributed by atoms with Crippen molar-refractivity contribution in [3.63, 3.8) is 0 Å². The van der Waals surface area contributed by atoms with Crippen LogP contribution in [0.4, 0.5) is 0 Å². The van der Waals surface area contributed by atoms with Crippen LogP contribution in [0.1, 0.15) is 39.1 Å². The number of carbonyl (C=O) groups excluding carboxylic acids is 3. The fraction of sp³-hybridized carbons (Fsp3) is 0.304. The highest BCUT2D eigenvalue weighted by atomic mass is 16.5. The molecule has 1 saturated heterocycles. The van der Waals surface area contributed by atoms with Crippen molar-refractivity contribution in [2.45, 2.75) is 12.8 Å². The molecule has 1 aliphatic rings. The van der Waals surface area contributed by atoms with Crippen LogP contribution in [0.3, 0.4) is 0 Å². The summed E-state index contributed by atoms with van der Waals surface area (Å²) in [6, 6.07) is 13.7. The maximum atomic E-state index is 12.6.